The Morgan fingerprint density at radius 2 is 1.00 bits per heavy atom. The lowest BCUT2D eigenvalue weighted by molar-refractivity contribution is -0.154. The first-order valence-electron chi connectivity index (χ1n) is 18.5. The molecular weight excluding hydrogens is 811 g/mol. The number of halogens is 1. The van der Waals surface area contributed by atoms with E-state index >= 15 is 0 Å². The summed E-state index contributed by atoms with van der Waals surface area (Å²) in [5.41, 5.74) is -0.212. The number of rotatable bonds is 5. The molecule has 326 valence electrons. The van der Waals surface area contributed by atoms with Gasteiger partial charge in [0.15, 0.2) is 5.78 Å². The van der Waals surface area contributed by atoms with Crippen LogP contribution in [-0.4, -0.2) is 73.5 Å². The van der Waals surface area contributed by atoms with Crippen molar-refractivity contribution in [3.05, 3.63) is 0 Å². The SMILES string of the molecule is CC(C)(C)C(=O)CO.CC(C)(C)CC(=O)O.CC(C)(C)I.CC(C)(C)S(=O)(=O)O.CC(C)CC(C)(C)C.CCC(=O)OC(C)(C)C.CCOC(C)(C)C. The van der Waals surface area contributed by atoms with E-state index in [9.17, 15) is 22.8 Å². The maximum atomic E-state index is 10.6. The highest BCUT2D eigenvalue weighted by molar-refractivity contribution is 14.1. The summed E-state index contributed by atoms with van der Waals surface area (Å²) >= 11 is 2.38. The second kappa shape index (κ2) is 29.4. The number of aliphatic carboxylic acids is 1. The number of ether oxygens (including phenoxy) is 2. The van der Waals surface area contributed by atoms with Crippen LogP contribution in [0, 0.1) is 22.2 Å². The van der Waals surface area contributed by atoms with Crippen molar-refractivity contribution in [1.82, 2.24) is 0 Å². The molecule has 53 heavy (non-hydrogen) atoms. The molecular formula is C41H89IO10S. The Morgan fingerprint density at radius 1 is 0.679 bits per heavy atom. The van der Waals surface area contributed by atoms with Gasteiger partial charge >= 0.3 is 11.9 Å². The van der Waals surface area contributed by atoms with Crippen molar-refractivity contribution in [3.8, 4) is 0 Å². The van der Waals surface area contributed by atoms with E-state index in [1.165, 1.54) is 27.2 Å². The number of esters is 1. The first kappa shape index (κ1) is 67.0. The molecule has 0 aromatic carbocycles. The molecule has 0 rings (SSSR count). The first-order valence-corrected chi connectivity index (χ1v) is 21.0. The van der Waals surface area contributed by atoms with Crippen molar-refractivity contribution in [2.75, 3.05) is 13.2 Å². The third-order valence-corrected chi connectivity index (χ3v) is 6.29. The summed E-state index contributed by atoms with van der Waals surface area (Å²) in [6.45, 7) is 49.3. The average molecular weight is 901 g/mol. The number of aliphatic hydroxyl groups is 1. The van der Waals surface area contributed by atoms with Crippen LogP contribution in [0.4, 0.5) is 0 Å². The van der Waals surface area contributed by atoms with E-state index in [0.29, 0.717) is 15.3 Å². The molecule has 0 spiro atoms. The Morgan fingerprint density at radius 3 is 1.02 bits per heavy atom. The molecule has 0 aliphatic rings. The van der Waals surface area contributed by atoms with E-state index in [0.717, 1.165) is 12.5 Å². The third kappa shape index (κ3) is 89.5. The Bertz CT molecular complexity index is 1030. The van der Waals surface area contributed by atoms with Crippen LogP contribution in [-0.2, 0) is 34.0 Å². The van der Waals surface area contributed by atoms with Gasteiger partial charge in [0.05, 0.1) is 16.8 Å². The van der Waals surface area contributed by atoms with Gasteiger partial charge in [-0.2, -0.15) is 8.42 Å². The molecule has 0 fully saturated rings. The fourth-order valence-corrected chi connectivity index (χ4v) is 2.76. The van der Waals surface area contributed by atoms with Crippen LogP contribution in [0.25, 0.3) is 0 Å². The Labute approximate surface area is 343 Å². The maximum absolute atomic E-state index is 10.6. The normalized spacial score (nSPS) is 12.1. The standard InChI is InChI=1S/C8H18.C7H14O2.2C6H12O2.C6H14O.C4H9I.C4H10O3S/c1-7(2)6-8(3,4)5;1-5-6(8)9-7(2,3)4;1-6(2,3)5(8)4-7;1-6(2,3)4-5(7)8;1-5-7-6(2,3)4;1-4(2,3)5;1-4(2,3)8(5,6)7/h7H,6H2,1-5H3;5H2,1-4H3;7H,4H2,1-3H3;4H2,1-3H3,(H,7,8);5H2,1-4H3;1-3H3;1-3H3,(H,5,6,7). The molecule has 0 bridgehead atoms. The summed E-state index contributed by atoms with van der Waals surface area (Å²) in [5, 5.41) is 16.6. The van der Waals surface area contributed by atoms with Gasteiger partial charge < -0.3 is 19.7 Å². The summed E-state index contributed by atoms with van der Waals surface area (Å²) in [4.78, 5) is 31.2. The fraction of sp³-hybridized carbons (Fsp3) is 0.927. The minimum Gasteiger partial charge on any atom is -0.481 e. The Balaban J connectivity index is -0.0000000936. The van der Waals surface area contributed by atoms with Crippen LogP contribution in [0.1, 0.15) is 192 Å². The Kier molecular flexibility index (Phi) is 37.2. The molecule has 0 atom stereocenters. The molecule has 0 heterocycles. The number of carbonyl (C=O) groups excluding carboxylic acids is 2. The van der Waals surface area contributed by atoms with Crippen LogP contribution in [0.2, 0.25) is 0 Å². The molecule has 0 amide bonds. The second-order valence-corrected chi connectivity index (χ2v) is 25.7. The van der Waals surface area contributed by atoms with Crippen LogP contribution in [0.3, 0.4) is 0 Å². The van der Waals surface area contributed by atoms with Gasteiger partial charge in [-0.25, -0.2) is 0 Å². The number of ketones is 1. The van der Waals surface area contributed by atoms with E-state index in [2.05, 4.69) is 98.8 Å². The topological polar surface area (TPSA) is 164 Å². The summed E-state index contributed by atoms with van der Waals surface area (Å²) in [6.07, 6.45) is 2.03. The van der Waals surface area contributed by atoms with E-state index in [1.54, 1.807) is 27.7 Å². The molecule has 0 aliphatic heterocycles. The zero-order chi connectivity index (χ0) is 45.3. The predicted octanol–water partition coefficient (Wildman–Crippen LogP) is 11.6. The van der Waals surface area contributed by atoms with Crippen molar-refractivity contribution in [2.45, 2.75) is 212 Å². The molecule has 0 aliphatic carbocycles. The lowest BCUT2D eigenvalue weighted by atomic mass is 9.86. The zero-order valence-corrected chi connectivity index (χ0v) is 42.1. The summed E-state index contributed by atoms with van der Waals surface area (Å²) in [5.74, 6) is -0.132. The second-order valence-electron chi connectivity index (χ2n) is 20.3. The van der Waals surface area contributed by atoms with Crippen molar-refractivity contribution < 1.29 is 47.0 Å². The van der Waals surface area contributed by atoms with Gasteiger partial charge in [0.2, 0.25) is 0 Å². The molecule has 0 unspecified atom stereocenters. The molecule has 12 heteroatoms. The van der Waals surface area contributed by atoms with Crippen molar-refractivity contribution >= 4 is 50.4 Å². The zero-order valence-electron chi connectivity index (χ0n) is 39.1. The molecule has 0 aromatic heterocycles. The molecule has 3 N–H and O–H groups in total. The molecule has 0 radical (unpaired) electrons. The molecule has 0 aromatic rings. The van der Waals surface area contributed by atoms with Crippen LogP contribution in [0.15, 0.2) is 0 Å². The largest absolute Gasteiger partial charge is 0.481 e. The van der Waals surface area contributed by atoms with Gasteiger partial charge in [0.1, 0.15) is 12.2 Å². The summed E-state index contributed by atoms with van der Waals surface area (Å²) < 4.78 is 38.4. The number of carboxylic acid groups (broad SMARTS) is 1. The van der Waals surface area contributed by atoms with Crippen molar-refractivity contribution in [3.63, 3.8) is 0 Å². The van der Waals surface area contributed by atoms with E-state index in [4.69, 9.17) is 24.2 Å². The predicted molar refractivity (Wildman–Crippen MR) is 235 cm³/mol. The third-order valence-electron chi connectivity index (χ3n) is 4.74. The van der Waals surface area contributed by atoms with Crippen molar-refractivity contribution in [1.29, 1.82) is 0 Å². The highest BCUT2D eigenvalue weighted by atomic mass is 127. The van der Waals surface area contributed by atoms with Gasteiger partial charge in [0.25, 0.3) is 10.1 Å². The molecule has 0 saturated carbocycles. The lowest BCUT2D eigenvalue weighted by Gasteiger charge is -2.19. The maximum Gasteiger partial charge on any atom is 0.306 e. The fourth-order valence-electron chi connectivity index (χ4n) is 2.76. The van der Waals surface area contributed by atoms with Crippen LogP contribution < -0.4 is 0 Å². The van der Waals surface area contributed by atoms with E-state index in [-0.39, 0.29) is 46.8 Å². The van der Waals surface area contributed by atoms with Crippen LogP contribution in [0.5, 0.6) is 0 Å². The number of hydrogen-bond donors (Lipinski definition) is 3. The van der Waals surface area contributed by atoms with E-state index < -0.39 is 20.8 Å². The van der Waals surface area contributed by atoms with Gasteiger partial charge in [0, 0.05) is 21.9 Å². The Hall–Kier alpha value is -0.830. The highest BCUT2D eigenvalue weighted by Gasteiger charge is 2.25. The minimum absolute atomic E-state index is 0.0503. The number of Topliss-reactive ketones (excluding diaryl/α,β-unsaturated/α-hetero) is 1. The number of aliphatic hydroxyl groups excluding tert-OH is 1. The number of carbonyl (C=O) groups is 3. The monoisotopic (exact) mass is 901 g/mol. The molecule has 0 saturated heterocycles. The first-order chi connectivity index (χ1) is 22.6. The van der Waals surface area contributed by atoms with E-state index in [1.807, 2.05) is 48.5 Å². The summed E-state index contributed by atoms with van der Waals surface area (Å²) in [6, 6.07) is 0. The number of carboxylic acids is 1. The minimum atomic E-state index is -3.84. The number of alkyl halides is 1. The van der Waals surface area contributed by atoms with Crippen LogP contribution >= 0.6 is 22.6 Å². The average Bonchev–Trinajstić information content (AvgIpc) is 2.77. The number of hydrogen-bond acceptors (Lipinski definition) is 8. The summed E-state index contributed by atoms with van der Waals surface area (Å²) in [7, 11) is -3.84. The molecule has 10 nitrogen and oxygen atoms in total. The smallest absolute Gasteiger partial charge is 0.306 e. The van der Waals surface area contributed by atoms with Crippen molar-refractivity contribution in [2.24, 2.45) is 22.2 Å². The van der Waals surface area contributed by atoms with Gasteiger partial charge in [-0.15, -0.1) is 0 Å². The lowest BCUT2D eigenvalue weighted by Crippen LogP contribution is -2.26. The highest BCUT2D eigenvalue weighted by Crippen LogP contribution is 2.23. The van der Waals surface area contributed by atoms with Gasteiger partial charge in [-0.05, 0) is 92.4 Å². The van der Waals surface area contributed by atoms with Gasteiger partial charge in [-0.1, -0.05) is 126 Å². The quantitative estimate of drug-likeness (QED) is 0.105. The van der Waals surface area contributed by atoms with Gasteiger partial charge in [-0.3, -0.25) is 18.9 Å².